The van der Waals surface area contributed by atoms with E-state index in [1.54, 1.807) is 13.1 Å². The Morgan fingerprint density at radius 1 is 1.41 bits per heavy atom. The van der Waals surface area contributed by atoms with Crippen LogP contribution in [0.2, 0.25) is 0 Å². The van der Waals surface area contributed by atoms with E-state index in [2.05, 4.69) is 5.32 Å². The number of sulfonamides is 1. The molecule has 0 aliphatic rings. The Hall–Kier alpha value is -1.14. The van der Waals surface area contributed by atoms with Crippen LogP contribution in [0, 0.1) is 5.82 Å². The van der Waals surface area contributed by atoms with Crippen LogP contribution in [0.15, 0.2) is 24.3 Å². The molecule has 1 rings (SSSR count). The molecule has 0 aliphatic carbocycles. The molecule has 0 heterocycles. The zero-order valence-electron chi connectivity index (χ0n) is 9.98. The van der Waals surface area contributed by atoms with Gasteiger partial charge in [0, 0.05) is 7.05 Å². The maximum atomic E-state index is 13.0. The summed E-state index contributed by atoms with van der Waals surface area (Å²) in [5, 5.41) is 2.89. The van der Waals surface area contributed by atoms with Gasteiger partial charge < -0.3 is 5.32 Å². The van der Waals surface area contributed by atoms with E-state index in [1.165, 1.54) is 25.2 Å². The zero-order valence-corrected chi connectivity index (χ0v) is 10.8. The molecule has 6 heteroatoms. The molecular weight excluding hydrogens is 243 g/mol. The summed E-state index contributed by atoms with van der Waals surface area (Å²) in [7, 11) is -0.175. The van der Waals surface area contributed by atoms with Crippen molar-refractivity contribution < 1.29 is 12.8 Å². The lowest BCUT2D eigenvalue weighted by Crippen LogP contribution is -2.30. The predicted molar refractivity (Wildman–Crippen MR) is 67.1 cm³/mol. The molecule has 1 N–H and O–H groups in total. The summed E-state index contributed by atoms with van der Waals surface area (Å²) in [6.45, 7) is 0.635. The summed E-state index contributed by atoms with van der Waals surface area (Å²) in [6, 6.07) is 5.55. The summed E-state index contributed by atoms with van der Waals surface area (Å²) in [4.78, 5) is 0. The molecule has 0 spiro atoms. The second kappa shape index (κ2) is 5.97. The van der Waals surface area contributed by atoms with Crippen molar-refractivity contribution in [2.24, 2.45) is 0 Å². The highest BCUT2D eigenvalue weighted by Crippen LogP contribution is 2.17. The Morgan fingerprint density at radius 3 is 2.71 bits per heavy atom. The zero-order chi connectivity index (χ0) is 12.9. The van der Waals surface area contributed by atoms with Crippen molar-refractivity contribution in [2.75, 3.05) is 30.7 Å². The van der Waals surface area contributed by atoms with Crippen LogP contribution in [0.5, 0.6) is 0 Å². The Kier molecular flexibility index (Phi) is 4.89. The molecule has 0 saturated carbocycles. The first-order chi connectivity index (χ1) is 7.97. The van der Waals surface area contributed by atoms with Crippen LogP contribution >= 0.6 is 0 Å². The van der Waals surface area contributed by atoms with Crippen molar-refractivity contribution in [3.63, 3.8) is 0 Å². The van der Waals surface area contributed by atoms with E-state index in [9.17, 15) is 12.8 Å². The molecule has 0 fully saturated rings. The summed E-state index contributed by atoms with van der Waals surface area (Å²) in [5.74, 6) is -0.402. The number of halogens is 1. The average Bonchev–Trinajstić information content (AvgIpc) is 2.28. The van der Waals surface area contributed by atoms with Crippen LogP contribution < -0.4 is 9.62 Å². The number of anilines is 1. The lowest BCUT2D eigenvalue weighted by atomic mass is 10.3. The van der Waals surface area contributed by atoms with Gasteiger partial charge >= 0.3 is 0 Å². The summed E-state index contributed by atoms with van der Waals surface area (Å²) < 4.78 is 37.9. The highest BCUT2D eigenvalue weighted by atomic mass is 32.2. The van der Waals surface area contributed by atoms with Crippen molar-refractivity contribution in [1.82, 2.24) is 5.32 Å². The topological polar surface area (TPSA) is 49.4 Å². The number of hydrogen-bond donors (Lipinski definition) is 1. The Bertz CT molecular complexity index is 462. The molecule has 0 atom stereocenters. The predicted octanol–water partition coefficient (Wildman–Crippen LogP) is 1.20. The molecule has 17 heavy (non-hydrogen) atoms. The van der Waals surface area contributed by atoms with E-state index in [1.807, 2.05) is 0 Å². The van der Waals surface area contributed by atoms with Gasteiger partial charge in [-0.2, -0.15) is 0 Å². The van der Waals surface area contributed by atoms with Crippen molar-refractivity contribution in [1.29, 1.82) is 0 Å². The lowest BCUT2D eigenvalue weighted by Gasteiger charge is -2.19. The summed E-state index contributed by atoms with van der Waals surface area (Å²) in [6.07, 6.45) is 0.526. The van der Waals surface area contributed by atoms with Gasteiger partial charge in [-0.05, 0) is 38.2 Å². The molecular formula is C11H17FN2O2S. The van der Waals surface area contributed by atoms with Gasteiger partial charge in [0.05, 0.1) is 11.4 Å². The second-order valence-corrected chi connectivity index (χ2v) is 5.84. The first-order valence-electron chi connectivity index (χ1n) is 5.34. The van der Waals surface area contributed by atoms with Crippen LogP contribution in [0.4, 0.5) is 10.1 Å². The van der Waals surface area contributed by atoms with Gasteiger partial charge in [0.1, 0.15) is 5.82 Å². The number of nitrogens with zero attached hydrogens (tertiary/aromatic N) is 1. The fraction of sp³-hybridized carbons (Fsp3) is 0.455. The van der Waals surface area contributed by atoms with Crippen molar-refractivity contribution >= 4 is 15.7 Å². The van der Waals surface area contributed by atoms with Gasteiger partial charge in [0.2, 0.25) is 10.0 Å². The van der Waals surface area contributed by atoms with Crippen molar-refractivity contribution in [2.45, 2.75) is 6.42 Å². The third-order valence-electron chi connectivity index (χ3n) is 2.42. The van der Waals surface area contributed by atoms with Gasteiger partial charge in [-0.15, -0.1) is 0 Å². The van der Waals surface area contributed by atoms with E-state index in [4.69, 9.17) is 0 Å². The minimum atomic E-state index is -3.38. The van der Waals surface area contributed by atoms with Gasteiger partial charge in [-0.1, -0.05) is 6.07 Å². The SMILES string of the molecule is CNCCCS(=O)(=O)N(C)c1cccc(F)c1. The van der Waals surface area contributed by atoms with E-state index in [-0.39, 0.29) is 5.75 Å². The highest BCUT2D eigenvalue weighted by Gasteiger charge is 2.17. The summed E-state index contributed by atoms with van der Waals surface area (Å²) >= 11 is 0. The van der Waals surface area contributed by atoms with Crippen LogP contribution in [0.25, 0.3) is 0 Å². The normalized spacial score (nSPS) is 11.5. The maximum absolute atomic E-state index is 13.0. The molecule has 4 nitrogen and oxygen atoms in total. The average molecular weight is 260 g/mol. The minimum absolute atomic E-state index is 0.0425. The van der Waals surface area contributed by atoms with E-state index >= 15 is 0 Å². The third-order valence-corrected chi connectivity index (χ3v) is 4.27. The molecule has 96 valence electrons. The number of benzene rings is 1. The Labute approximate surface area is 101 Å². The minimum Gasteiger partial charge on any atom is -0.320 e. The number of nitrogens with one attached hydrogen (secondary N) is 1. The Morgan fingerprint density at radius 2 is 2.12 bits per heavy atom. The molecule has 0 saturated heterocycles. The largest absolute Gasteiger partial charge is 0.320 e. The van der Waals surface area contributed by atoms with Gasteiger partial charge in [0.15, 0.2) is 0 Å². The van der Waals surface area contributed by atoms with Crippen molar-refractivity contribution in [3.8, 4) is 0 Å². The van der Waals surface area contributed by atoms with E-state index in [0.717, 1.165) is 4.31 Å². The first kappa shape index (κ1) is 13.9. The van der Waals surface area contributed by atoms with Crippen LogP contribution in [0.1, 0.15) is 6.42 Å². The fourth-order valence-electron chi connectivity index (χ4n) is 1.40. The molecule has 0 amide bonds. The molecule has 0 bridgehead atoms. The first-order valence-corrected chi connectivity index (χ1v) is 6.95. The van der Waals surface area contributed by atoms with E-state index in [0.29, 0.717) is 18.7 Å². The molecule has 1 aromatic rings. The molecule has 1 aromatic carbocycles. The monoisotopic (exact) mass is 260 g/mol. The number of hydrogen-bond acceptors (Lipinski definition) is 3. The lowest BCUT2D eigenvalue weighted by molar-refractivity contribution is 0.589. The van der Waals surface area contributed by atoms with E-state index < -0.39 is 15.8 Å². The van der Waals surface area contributed by atoms with Crippen molar-refractivity contribution in [3.05, 3.63) is 30.1 Å². The summed E-state index contributed by atoms with van der Waals surface area (Å²) in [5.41, 5.74) is 0.342. The number of rotatable bonds is 6. The molecule has 0 radical (unpaired) electrons. The second-order valence-electron chi connectivity index (χ2n) is 3.72. The highest BCUT2D eigenvalue weighted by molar-refractivity contribution is 7.92. The van der Waals surface area contributed by atoms with Crippen LogP contribution in [0.3, 0.4) is 0 Å². The third kappa shape index (κ3) is 3.98. The molecule has 0 unspecified atom stereocenters. The maximum Gasteiger partial charge on any atom is 0.234 e. The standard InChI is InChI=1S/C11H17FN2O2S/c1-13-7-4-8-17(15,16)14(2)11-6-3-5-10(12)9-11/h3,5-6,9,13H,4,7-8H2,1-2H3. The van der Waals surface area contributed by atoms with Gasteiger partial charge in [-0.3, -0.25) is 4.31 Å². The quantitative estimate of drug-likeness (QED) is 0.782. The smallest absolute Gasteiger partial charge is 0.234 e. The Balaban J connectivity index is 2.78. The van der Waals surface area contributed by atoms with Crippen LogP contribution in [-0.2, 0) is 10.0 Å². The molecule has 0 aromatic heterocycles. The molecule has 0 aliphatic heterocycles. The van der Waals surface area contributed by atoms with Gasteiger partial charge in [-0.25, -0.2) is 12.8 Å². The van der Waals surface area contributed by atoms with Crippen LogP contribution in [-0.4, -0.2) is 34.8 Å². The fourth-order valence-corrected chi connectivity index (χ4v) is 2.62. The van der Waals surface area contributed by atoms with Gasteiger partial charge in [0.25, 0.3) is 0 Å².